The molecule has 0 amide bonds. The first-order valence-corrected chi connectivity index (χ1v) is 7.77. The number of halogens is 1. The summed E-state index contributed by atoms with van der Waals surface area (Å²) in [6.07, 6.45) is 2.34. The van der Waals surface area contributed by atoms with Crippen LogP contribution in [-0.2, 0) is 9.72 Å². The average molecular weight is 314 g/mol. The SMILES string of the molecule is CCC(CC)(c1ncc(Br)s1)P(=O)(O)O. The molecule has 7 heteroatoms. The Bertz CT molecular complexity index is 385. The number of hydrogen-bond donors (Lipinski definition) is 2. The van der Waals surface area contributed by atoms with Gasteiger partial charge < -0.3 is 9.79 Å². The summed E-state index contributed by atoms with van der Waals surface area (Å²) in [6, 6.07) is 0. The molecule has 0 fully saturated rings. The van der Waals surface area contributed by atoms with Gasteiger partial charge in [-0.1, -0.05) is 13.8 Å². The van der Waals surface area contributed by atoms with Crippen LogP contribution < -0.4 is 0 Å². The Labute approximate surface area is 101 Å². The first-order valence-electron chi connectivity index (χ1n) is 4.55. The van der Waals surface area contributed by atoms with Crippen LogP contribution in [0.5, 0.6) is 0 Å². The summed E-state index contributed by atoms with van der Waals surface area (Å²) in [7, 11) is -4.19. The molecule has 0 aliphatic rings. The van der Waals surface area contributed by atoms with Crippen LogP contribution in [0.15, 0.2) is 9.98 Å². The standard InChI is InChI=1S/C8H13BrNO3PS/c1-3-8(4-2,14(11,12)13)7-10-5-6(9)15-7/h5H,3-4H2,1-2H3,(H2,11,12,13). The largest absolute Gasteiger partial charge is 0.338 e. The van der Waals surface area contributed by atoms with E-state index in [0.717, 1.165) is 3.79 Å². The quantitative estimate of drug-likeness (QED) is 0.838. The molecule has 0 radical (unpaired) electrons. The Morgan fingerprint density at radius 1 is 1.53 bits per heavy atom. The second-order valence-electron chi connectivity index (χ2n) is 3.25. The Morgan fingerprint density at radius 2 is 2.07 bits per heavy atom. The Kier molecular flexibility index (Phi) is 4.12. The fraction of sp³-hybridized carbons (Fsp3) is 0.625. The van der Waals surface area contributed by atoms with E-state index in [-0.39, 0.29) is 0 Å². The van der Waals surface area contributed by atoms with Gasteiger partial charge in [-0.3, -0.25) is 4.57 Å². The molecule has 1 aromatic heterocycles. The van der Waals surface area contributed by atoms with Gasteiger partial charge in [0.25, 0.3) is 0 Å². The molecule has 0 aliphatic carbocycles. The third-order valence-electron chi connectivity index (χ3n) is 2.60. The maximum atomic E-state index is 11.6. The van der Waals surface area contributed by atoms with Gasteiger partial charge in [-0.2, -0.15) is 0 Å². The van der Waals surface area contributed by atoms with Gasteiger partial charge in [-0.25, -0.2) is 4.98 Å². The minimum absolute atomic E-state index is 0.383. The maximum Gasteiger partial charge on any atom is 0.338 e. The smallest absolute Gasteiger partial charge is 0.324 e. The van der Waals surface area contributed by atoms with Gasteiger partial charge in [0.15, 0.2) is 0 Å². The van der Waals surface area contributed by atoms with Crippen LogP contribution in [-0.4, -0.2) is 14.8 Å². The summed E-state index contributed by atoms with van der Waals surface area (Å²) in [5, 5.41) is -0.614. The van der Waals surface area contributed by atoms with Gasteiger partial charge in [0.05, 0.1) is 9.98 Å². The van der Waals surface area contributed by atoms with Crippen molar-refractivity contribution < 1.29 is 14.4 Å². The Hall–Kier alpha value is 0.260. The molecule has 0 saturated heterocycles. The van der Waals surface area contributed by atoms with Gasteiger partial charge in [-0.15, -0.1) is 11.3 Å². The van der Waals surface area contributed by atoms with Crippen molar-refractivity contribution in [3.8, 4) is 0 Å². The lowest BCUT2D eigenvalue weighted by molar-refractivity contribution is 0.315. The molecule has 1 rings (SSSR count). The van der Waals surface area contributed by atoms with Crippen molar-refractivity contribution >= 4 is 34.9 Å². The fourth-order valence-corrected chi connectivity index (χ4v) is 4.62. The summed E-state index contributed by atoms with van der Waals surface area (Å²) >= 11 is 4.54. The van der Waals surface area contributed by atoms with E-state index in [1.807, 2.05) is 0 Å². The topological polar surface area (TPSA) is 70.4 Å². The van der Waals surface area contributed by atoms with Crippen molar-refractivity contribution in [1.29, 1.82) is 0 Å². The van der Waals surface area contributed by atoms with Crippen LogP contribution in [0.3, 0.4) is 0 Å². The predicted molar refractivity (Wildman–Crippen MR) is 64.1 cm³/mol. The summed E-state index contributed by atoms with van der Waals surface area (Å²) in [5.41, 5.74) is 0. The molecule has 4 nitrogen and oxygen atoms in total. The third kappa shape index (κ3) is 2.34. The summed E-state index contributed by atoms with van der Waals surface area (Å²) in [4.78, 5) is 23.0. The highest BCUT2D eigenvalue weighted by Gasteiger charge is 2.47. The summed E-state index contributed by atoms with van der Waals surface area (Å²) in [6.45, 7) is 3.55. The molecule has 0 aromatic carbocycles. The zero-order chi connectivity index (χ0) is 11.7. The summed E-state index contributed by atoms with van der Waals surface area (Å²) in [5.74, 6) is 0. The summed E-state index contributed by atoms with van der Waals surface area (Å²) < 4.78 is 12.4. The molecular weight excluding hydrogens is 301 g/mol. The van der Waals surface area contributed by atoms with E-state index in [0.29, 0.717) is 17.8 Å². The fourth-order valence-electron chi connectivity index (χ4n) is 1.56. The molecule has 0 atom stereocenters. The Balaban J connectivity index is 3.29. The van der Waals surface area contributed by atoms with Crippen molar-refractivity contribution in [1.82, 2.24) is 4.98 Å². The van der Waals surface area contributed by atoms with Crippen molar-refractivity contribution in [3.05, 3.63) is 15.0 Å². The van der Waals surface area contributed by atoms with Gasteiger partial charge in [-0.05, 0) is 28.8 Å². The lowest BCUT2D eigenvalue weighted by atomic mass is 10.0. The van der Waals surface area contributed by atoms with E-state index in [1.54, 1.807) is 20.0 Å². The van der Waals surface area contributed by atoms with Crippen LogP contribution in [0.1, 0.15) is 31.7 Å². The van der Waals surface area contributed by atoms with Crippen LogP contribution in [0.25, 0.3) is 0 Å². The highest BCUT2D eigenvalue weighted by Crippen LogP contribution is 2.61. The van der Waals surface area contributed by atoms with Crippen LogP contribution in [0.2, 0.25) is 0 Å². The second-order valence-corrected chi connectivity index (χ2v) is 7.61. The predicted octanol–water partition coefficient (Wildman–Crippen LogP) is 3.10. The Morgan fingerprint density at radius 3 is 2.33 bits per heavy atom. The third-order valence-corrected chi connectivity index (χ3v) is 6.39. The number of rotatable bonds is 4. The maximum absolute atomic E-state index is 11.6. The molecule has 0 spiro atoms. The molecular formula is C8H13BrNO3PS. The number of aromatic nitrogens is 1. The number of hydrogen-bond acceptors (Lipinski definition) is 3. The van der Waals surface area contributed by atoms with Gasteiger partial charge >= 0.3 is 7.60 Å². The zero-order valence-corrected chi connectivity index (χ0v) is 11.8. The first-order chi connectivity index (χ1) is 6.87. The molecule has 2 N–H and O–H groups in total. The second kappa shape index (κ2) is 4.63. The van der Waals surface area contributed by atoms with Gasteiger partial charge in [0, 0.05) is 0 Å². The number of thiazole rings is 1. The van der Waals surface area contributed by atoms with E-state index >= 15 is 0 Å². The molecule has 15 heavy (non-hydrogen) atoms. The van der Waals surface area contributed by atoms with Crippen molar-refractivity contribution in [2.45, 2.75) is 31.8 Å². The molecule has 0 unspecified atom stereocenters. The van der Waals surface area contributed by atoms with Gasteiger partial charge in [0.1, 0.15) is 10.2 Å². The minimum Gasteiger partial charge on any atom is -0.324 e. The first kappa shape index (κ1) is 13.3. The molecule has 1 aromatic rings. The lowest BCUT2D eigenvalue weighted by Crippen LogP contribution is -2.24. The van der Waals surface area contributed by atoms with Crippen LogP contribution in [0, 0.1) is 0 Å². The van der Waals surface area contributed by atoms with E-state index in [4.69, 9.17) is 0 Å². The average Bonchev–Trinajstić information content (AvgIpc) is 2.53. The minimum atomic E-state index is -4.19. The van der Waals surface area contributed by atoms with E-state index < -0.39 is 12.8 Å². The zero-order valence-electron chi connectivity index (χ0n) is 8.47. The van der Waals surface area contributed by atoms with Crippen molar-refractivity contribution in [3.63, 3.8) is 0 Å². The number of nitrogens with zero attached hydrogens (tertiary/aromatic N) is 1. The lowest BCUT2D eigenvalue weighted by Gasteiger charge is -2.29. The highest BCUT2D eigenvalue weighted by atomic mass is 79.9. The highest BCUT2D eigenvalue weighted by molar-refractivity contribution is 9.11. The molecule has 1 heterocycles. The van der Waals surface area contributed by atoms with Gasteiger partial charge in [0.2, 0.25) is 0 Å². The van der Waals surface area contributed by atoms with Crippen molar-refractivity contribution in [2.24, 2.45) is 0 Å². The molecule has 0 saturated carbocycles. The van der Waals surface area contributed by atoms with E-state index in [2.05, 4.69) is 20.9 Å². The molecule has 0 aliphatic heterocycles. The van der Waals surface area contributed by atoms with Crippen LogP contribution >= 0.6 is 34.9 Å². The van der Waals surface area contributed by atoms with E-state index in [9.17, 15) is 14.4 Å². The normalized spacial score (nSPS) is 13.1. The van der Waals surface area contributed by atoms with Crippen LogP contribution in [0.4, 0.5) is 0 Å². The molecule has 86 valence electrons. The van der Waals surface area contributed by atoms with Crippen molar-refractivity contribution in [2.75, 3.05) is 0 Å². The molecule has 0 bridgehead atoms. The monoisotopic (exact) mass is 313 g/mol. The van der Waals surface area contributed by atoms with E-state index in [1.165, 1.54) is 11.3 Å².